The zero-order valence-electron chi connectivity index (χ0n) is 8.41. The average Bonchev–Trinajstić information content (AvgIpc) is 2.18. The molecule has 0 aliphatic rings. The van der Waals surface area contributed by atoms with E-state index in [2.05, 4.69) is 0 Å². The fraction of sp³-hybridized carbons (Fsp3) is 0.200. The predicted octanol–water partition coefficient (Wildman–Crippen LogP) is 1.88. The summed E-state index contributed by atoms with van der Waals surface area (Å²) in [6.45, 7) is 0. The minimum absolute atomic E-state index is 0.0816. The molecule has 0 aliphatic carbocycles. The lowest BCUT2D eigenvalue weighted by Crippen LogP contribution is -2.21. The Kier molecular flexibility index (Phi) is 3.72. The van der Waals surface area contributed by atoms with E-state index in [-0.39, 0.29) is 12.0 Å². The topological polar surface area (TPSA) is 70.2 Å². The molecule has 0 aromatic carbocycles. The van der Waals surface area contributed by atoms with Crippen molar-refractivity contribution < 1.29 is 23.1 Å². The number of H-pyrrole nitrogens is 1. The summed E-state index contributed by atoms with van der Waals surface area (Å²) in [5.41, 5.74) is -2.46. The van der Waals surface area contributed by atoms with Crippen molar-refractivity contribution in [2.24, 2.45) is 0 Å². The van der Waals surface area contributed by atoms with Gasteiger partial charge in [0.25, 0.3) is 5.56 Å². The number of carboxylic acid groups (broad SMARTS) is 1. The summed E-state index contributed by atoms with van der Waals surface area (Å²) in [4.78, 5) is 23.0. The quantitative estimate of drug-likeness (QED) is 0.856. The highest BCUT2D eigenvalue weighted by atomic mass is 19.4. The van der Waals surface area contributed by atoms with E-state index in [0.29, 0.717) is 6.07 Å². The SMILES string of the molecule is O=C(O)CC=Cc1c[nH]c(=O)c(C(F)(F)F)c1. The van der Waals surface area contributed by atoms with Crippen LogP contribution in [0.15, 0.2) is 23.1 Å². The number of nitrogens with one attached hydrogen (secondary N) is 1. The van der Waals surface area contributed by atoms with Crippen LogP contribution in [0.2, 0.25) is 0 Å². The van der Waals surface area contributed by atoms with Crippen molar-refractivity contribution in [3.05, 3.63) is 39.8 Å². The van der Waals surface area contributed by atoms with Crippen molar-refractivity contribution in [3.63, 3.8) is 0 Å². The molecule has 4 nitrogen and oxygen atoms in total. The van der Waals surface area contributed by atoms with Crippen molar-refractivity contribution in [1.29, 1.82) is 0 Å². The smallest absolute Gasteiger partial charge is 0.421 e. The minimum atomic E-state index is -4.73. The van der Waals surface area contributed by atoms with Crippen LogP contribution in [-0.2, 0) is 11.0 Å². The molecule has 0 saturated heterocycles. The maximum atomic E-state index is 12.3. The molecular weight excluding hydrogens is 239 g/mol. The molecule has 0 unspecified atom stereocenters. The molecule has 1 aromatic rings. The number of hydrogen-bond donors (Lipinski definition) is 2. The monoisotopic (exact) mass is 247 g/mol. The summed E-state index contributed by atoms with van der Waals surface area (Å²) in [5.74, 6) is -1.10. The van der Waals surface area contributed by atoms with Crippen molar-refractivity contribution in [3.8, 4) is 0 Å². The predicted molar refractivity (Wildman–Crippen MR) is 53.4 cm³/mol. The van der Waals surface area contributed by atoms with Crippen LogP contribution in [0.3, 0.4) is 0 Å². The van der Waals surface area contributed by atoms with Gasteiger partial charge in [0.05, 0.1) is 6.42 Å². The van der Waals surface area contributed by atoms with Gasteiger partial charge in [0.1, 0.15) is 5.56 Å². The van der Waals surface area contributed by atoms with Crippen molar-refractivity contribution >= 4 is 12.0 Å². The third kappa shape index (κ3) is 3.78. The lowest BCUT2D eigenvalue weighted by atomic mass is 10.2. The van der Waals surface area contributed by atoms with E-state index in [9.17, 15) is 22.8 Å². The van der Waals surface area contributed by atoms with Crippen molar-refractivity contribution in [1.82, 2.24) is 4.98 Å². The number of aliphatic carboxylic acids is 1. The van der Waals surface area contributed by atoms with Gasteiger partial charge >= 0.3 is 12.1 Å². The third-order valence-corrected chi connectivity index (χ3v) is 1.83. The maximum absolute atomic E-state index is 12.3. The highest BCUT2D eigenvalue weighted by molar-refractivity contribution is 5.70. The number of pyridine rings is 1. The average molecular weight is 247 g/mol. The fourth-order valence-corrected chi connectivity index (χ4v) is 1.10. The Labute approximate surface area is 93.4 Å². The second kappa shape index (κ2) is 4.86. The van der Waals surface area contributed by atoms with E-state index in [1.165, 1.54) is 12.2 Å². The largest absolute Gasteiger partial charge is 0.481 e. The molecule has 0 saturated carbocycles. The van der Waals surface area contributed by atoms with Gasteiger partial charge in [0, 0.05) is 6.20 Å². The molecular formula is C10H8F3NO3. The van der Waals surface area contributed by atoms with E-state index in [4.69, 9.17) is 5.11 Å². The lowest BCUT2D eigenvalue weighted by Gasteiger charge is -2.05. The van der Waals surface area contributed by atoms with E-state index in [1.807, 2.05) is 4.98 Å². The van der Waals surface area contributed by atoms with E-state index in [0.717, 1.165) is 6.20 Å². The van der Waals surface area contributed by atoms with Gasteiger partial charge in [0.15, 0.2) is 0 Å². The molecule has 0 atom stereocenters. The second-order valence-electron chi connectivity index (χ2n) is 3.17. The van der Waals surface area contributed by atoms with Gasteiger partial charge in [0.2, 0.25) is 0 Å². The Bertz CT molecular complexity index is 502. The molecule has 0 radical (unpaired) electrons. The first kappa shape index (κ1) is 13.0. The summed E-state index contributed by atoms with van der Waals surface area (Å²) < 4.78 is 37.0. The molecule has 0 bridgehead atoms. The molecule has 1 rings (SSSR count). The fourth-order valence-electron chi connectivity index (χ4n) is 1.10. The Balaban J connectivity index is 3.01. The van der Waals surface area contributed by atoms with Crippen LogP contribution in [0.4, 0.5) is 13.2 Å². The summed E-state index contributed by atoms with van der Waals surface area (Å²) in [5, 5.41) is 8.33. The number of aromatic nitrogens is 1. The molecule has 1 heterocycles. The van der Waals surface area contributed by atoms with Crippen LogP contribution in [0.25, 0.3) is 6.08 Å². The summed E-state index contributed by atoms with van der Waals surface area (Å²) >= 11 is 0. The first-order valence-electron chi connectivity index (χ1n) is 4.49. The van der Waals surface area contributed by atoms with Crippen LogP contribution >= 0.6 is 0 Å². The summed E-state index contributed by atoms with van der Waals surface area (Å²) in [7, 11) is 0. The molecule has 0 aliphatic heterocycles. The number of carboxylic acids is 1. The molecule has 0 amide bonds. The number of aromatic amines is 1. The normalized spacial score (nSPS) is 11.9. The number of carbonyl (C=O) groups is 1. The van der Waals surface area contributed by atoms with Gasteiger partial charge in [-0.25, -0.2) is 0 Å². The van der Waals surface area contributed by atoms with Gasteiger partial charge in [-0.05, 0) is 11.6 Å². The number of hydrogen-bond acceptors (Lipinski definition) is 2. The van der Waals surface area contributed by atoms with E-state index in [1.54, 1.807) is 0 Å². The highest BCUT2D eigenvalue weighted by Crippen LogP contribution is 2.26. The van der Waals surface area contributed by atoms with Gasteiger partial charge in [-0.15, -0.1) is 0 Å². The van der Waals surface area contributed by atoms with Crippen LogP contribution in [0, 0.1) is 0 Å². The Morgan fingerprint density at radius 1 is 1.47 bits per heavy atom. The summed E-state index contributed by atoms with van der Waals surface area (Å²) in [6.07, 6.45) is -1.57. The van der Waals surface area contributed by atoms with E-state index >= 15 is 0 Å². The molecule has 0 fully saturated rings. The van der Waals surface area contributed by atoms with Crippen LogP contribution in [0.5, 0.6) is 0 Å². The molecule has 0 spiro atoms. The Hall–Kier alpha value is -2.05. The van der Waals surface area contributed by atoms with Gasteiger partial charge < -0.3 is 10.1 Å². The maximum Gasteiger partial charge on any atom is 0.421 e. The lowest BCUT2D eigenvalue weighted by molar-refractivity contribution is -0.139. The van der Waals surface area contributed by atoms with Crippen molar-refractivity contribution in [2.75, 3.05) is 0 Å². The molecule has 92 valence electrons. The first-order valence-corrected chi connectivity index (χ1v) is 4.49. The zero-order chi connectivity index (χ0) is 13.1. The number of alkyl halides is 3. The first-order chi connectivity index (χ1) is 7.80. The minimum Gasteiger partial charge on any atom is -0.481 e. The van der Waals surface area contributed by atoms with Crippen LogP contribution < -0.4 is 5.56 Å². The Morgan fingerprint density at radius 2 is 2.12 bits per heavy atom. The van der Waals surface area contributed by atoms with Gasteiger partial charge in [-0.3, -0.25) is 9.59 Å². The second-order valence-corrected chi connectivity index (χ2v) is 3.17. The molecule has 17 heavy (non-hydrogen) atoms. The summed E-state index contributed by atoms with van der Waals surface area (Å²) in [6, 6.07) is 0.664. The number of rotatable bonds is 3. The molecule has 7 heteroatoms. The van der Waals surface area contributed by atoms with Gasteiger partial charge in [-0.2, -0.15) is 13.2 Å². The van der Waals surface area contributed by atoms with E-state index < -0.39 is 23.3 Å². The highest BCUT2D eigenvalue weighted by Gasteiger charge is 2.33. The standard InChI is InChI=1S/C10H8F3NO3/c11-10(12,13)7-4-6(5-14-9(7)17)2-1-3-8(15)16/h1-2,4-5H,3H2,(H,14,17)(H,15,16). The van der Waals surface area contributed by atoms with Crippen molar-refractivity contribution in [2.45, 2.75) is 12.6 Å². The van der Waals surface area contributed by atoms with Gasteiger partial charge in [-0.1, -0.05) is 12.2 Å². The van der Waals surface area contributed by atoms with Crippen LogP contribution in [0.1, 0.15) is 17.5 Å². The molecule has 2 N–H and O–H groups in total. The Morgan fingerprint density at radius 3 is 2.65 bits per heavy atom. The van der Waals surface area contributed by atoms with Crippen LogP contribution in [-0.4, -0.2) is 16.1 Å². The number of halogens is 3. The molecule has 1 aromatic heterocycles. The zero-order valence-corrected chi connectivity index (χ0v) is 8.41. The third-order valence-electron chi connectivity index (χ3n) is 1.83.